The highest BCUT2D eigenvalue weighted by atomic mass is 19.2. The van der Waals surface area contributed by atoms with Gasteiger partial charge in [0.05, 0.1) is 37.1 Å². The molecular formula is C25H28F2N4O4. The van der Waals surface area contributed by atoms with Crippen LogP contribution >= 0.6 is 0 Å². The molecule has 1 aliphatic rings. The van der Waals surface area contributed by atoms with Crippen molar-refractivity contribution >= 4 is 22.8 Å². The van der Waals surface area contributed by atoms with Gasteiger partial charge in [0.2, 0.25) is 5.91 Å². The number of fused-ring (bicyclic) bond motifs is 1. The van der Waals surface area contributed by atoms with Crippen molar-refractivity contribution in [2.24, 2.45) is 5.92 Å². The Morgan fingerprint density at radius 1 is 0.943 bits per heavy atom. The first-order chi connectivity index (χ1) is 16.7. The van der Waals surface area contributed by atoms with Gasteiger partial charge in [-0.15, -0.1) is 0 Å². The average molecular weight is 487 g/mol. The van der Waals surface area contributed by atoms with Crippen LogP contribution < -0.4 is 9.47 Å². The quantitative estimate of drug-likeness (QED) is 0.533. The highest BCUT2D eigenvalue weighted by Crippen LogP contribution is 2.29. The molecule has 4 rings (SSSR count). The summed E-state index contributed by atoms with van der Waals surface area (Å²) < 4.78 is 39.7. The van der Waals surface area contributed by atoms with Crippen LogP contribution in [0.2, 0.25) is 0 Å². The first kappa shape index (κ1) is 24.4. The number of aromatic nitrogens is 2. The van der Waals surface area contributed by atoms with E-state index in [4.69, 9.17) is 9.47 Å². The van der Waals surface area contributed by atoms with Crippen LogP contribution in [0.4, 0.5) is 8.78 Å². The van der Waals surface area contributed by atoms with Crippen LogP contribution in [0.5, 0.6) is 11.5 Å². The zero-order valence-electron chi connectivity index (χ0n) is 20.1. The molecule has 2 aromatic carbocycles. The number of carbonyl (C=O) groups is 2. The van der Waals surface area contributed by atoms with Crippen molar-refractivity contribution in [3.63, 3.8) is 0 Å². The molecule has 0 spiro atoms. The van der Waals surface area contributed by atoms with Crippen molar-refractivity contribution < 1.29 is 27.8 Å². The monoisotopic (exact) mass is 486 g/mol. The number of hydrogen-bond acceptors (Lipinski definition) is 5. The molecular weight excluding hydrogens is 458 g/mol. The van der Waals surface area contributed by atoms with E-state index >= 15 is 0 Å². The maximum absolute atomic E-state index is 13.9. The molecule has 1 fully saturated rings. The first-order valence-corrected chi connectivity index (χ1v) is 11.4. The third-order valence-corrected chi connectivity index (χ3v) is 6.32. The summed E-state index contributed by atoms with van der Waals surface area (Å²) in [5.41, 5.74) is 1.06. The van der Waals surface area contributed by atoms with Gasteiger partial charge in [0.15, 0.2) is 11.6 Å². The SMILES string of the molecule is COc1ccc(C(=O)N2CCN(C(=O)C(C(C)C)n3cnc4cc(F)c(F)cc43)CC2)c(OC)c1. The largest absolute Gasteiger partial charge is 0.497 e. The van der Waals surface area contributed by atoms with E-state index in [-0.39, 0.29) is 23.2 Å². The van der Waals surface area contributed by atoms with Gasteiger partial charge in [-0.25, -0.2) is 13.8 Å². The summed E-state index contributed by atoms with van der Waals surface area (Å²) in [6, 6.07) is 6.48. The Hall–Kier alpha value is -3.69. The summed E-state index contributed by atoms with van der Waals surface area (Å²) in [6.07, 6.45) is 1.45. The molecule has 35 heavy (non-hydrogen) atoms. The van der Waals surface area contributed by atoms with Crippen molar-refractivity contribution in [1.29, 1.82) is 0 Å². The van der Waals surface area contributed by atoms with Gasteiger partial charge in [0, 0.05) is 44.4 Å². The number of piperazine rings is 1. The van der Waals surface area contributed by atoms with E-state index in [1.165, 1.54) is 20.5 Å². The minimum absolute atomic E-state index is 0.128. The summed E-state index contributed by atoms with van der Waals surface area (Å²) in [6.45, 7) is 5.20. The number of ether oxygens (including phenoxy) is 2. The summed E-state index contributed by atoms with van der Waals surface area (Å²) >= 11 is 0. The predicted molar refractivity (Wildman–Crippen MR) is 126 cm³/mol. The molecule has 186 valence electrons. The van der Waals surface area contributed by atoms with Crippen LogP contribution in [0, 0.1) is 17.6 Å². The lowest BCUT2D eigenvalue weighted by atomic mass is 10.0. The van der Waals surface area contributed by atoms with E-state index in [1.807, 2.05) is 13.8 Å². The molecule has 0 saturated carbocycles. The second kappa shape index (κ2) is 9.89. The minimum atomic E-state index is -0.990. The lowest BCUT2D eigenvalue weighted by Gasteiger charge is -2.37. The van der Waals surface area contributed by atoms with E-state index in [0.29, 0.717) is 48.8 Å². The summed E-state index contributed by atoms with van der Waals surface area (Å²) in [5, 5.41) is 0. The van der Waals surface area contributed by atoms with Crippen molar-refractivity contribution in [3.05, 3.63) is 53.9 Å². The maximum atomic E-state index is 13.9. The molecule has 0 radical (unpaired) electrons. The number of hydrogen-bond donors (Lipinski definition) is 0. The molecule has 1 atom stereocenters. The van der Waals surface area contributed by atoms with Gasteiger partial charge in [0.25, 0.3) is 5.91 Å². The fourth-order valence-electron chi connectivity index (χ4n) is 4.43. The van der Waals surface area contributed by atoms with Gasteiger partial charge in [0.1, 0.15) is 17.5 Å². The molecule has 2 amide bonds. The van der Waals surface area contributed by atoms with E-state index in [9.17, 15) is 18.4 Å². The zero-order chi connectivity index (χ0) is 25.3. The van der Waals surface area contributed by atoms with Gasteiger partial charge in [-0.3, -0.25) is 9.59 Å². The lowest BCUT2D eigenvalue weighted by Crippen LogP contribution is -2.52. The van der Waals surface area contributed by atoms with E-state index < -0.39 is 17.7 Å². The Balaban J connectivity index is 1.50. The fourth-order valence-corrected chi connectivity index (χ4v) is 4.43. The molecule has 0 N–H and O–H groups in total. The van der Waals surface area contributed by atoms with Crippen molar-refractivity contribution in [2.45, 2.75) is 19.9 Å². The van der Waals surface area contributed by atoms with Gasteiger partial charge in [-0.2, -0.15) is 0 Å². The van der Waals surface area contributed by atoms with Crippen molar-refractivity contribution in [1.82, 2.24) is 19.4 Å². The Morgan fingerprint density at radius 3 is 2.23 bits per heavy atom. The predicted octanol–water partition coefficient (Wildman–Crippen LogP) is 3.51. The molecule has 2 heterocycles. The average Bonchev–Trinajstić information content (AvgIpc) is 3.25. The number of carbonyl (C=O) groups excluding carboxylic acids is 2. The maximum Gasteiger partial charge on any atom is 0.257 e. The van der Waals surface area contributed by atoms with Gasteiger partial charge in [-0.05, 0) is 18.1 Å². The molecule has 8 nitrogen and oxygen atoms in total. The highest BCUT2D eigenvalue weighted by Gasteiger charge is 2.33. The number of imidazole rings is 1. The van der Waals surface area contributed by atoms with Crippen LogP contribution in [0.1, 0.15) is 30.2 Å². The van der Waals surface area contributed by atoms with Crippen LogP contribution in [-0.2, 0) is 4.79 Å². The summed E-state index contributed by atoms with van der Waals surface area (Å²) in [4.78, 5) is 34.2. The molecule has 1 saturated heterocycles. The Morgan fingerprint density at radius 2 is 1.60 bits per heavy atom. The highest BCUT2D eigenvalue weighted by molar-refractivity contribution is 5.97. The minimum Gasteiger partial charge on any atom is -0.497 e. The summed E-state index contributed by atoms with van der Waals surface area (Å²) in [7, 11) is 3.03. The van der Waals surface area contributed by atoms with Gasteiger partial charge < -0.3 is 23.8 Å². The molecule has 3 aromatic rings. The number of benzene rings is 2. The lowest BCUT2D eigenvalue weighted by molar-refractivity contribution is -0.137. The zero-order valence-corrected chi connectivity index (χ0v) is 20.1. The van der Waals surface area contributed by atoms with Crippen LogP contribution in [0.25, 0.3) is 11.0 Å². The Bertz CT molecular complexity index is 1250. The number of amides is 2. The molecule has 0 aliphatic carbocycles. The molecule has 0 bridgehead atoms. The number of nitrogens with zero attached hydrogens (tertiary/aromatic N) is 4. The van der Waals surface area contributed by atoms with E-state index in [2.05, 4.69) is 4.98 Å². The summed E-state index contributed by atoms with van der Waals surface area (Å²) in [5.74, 6) is -1.43. The second-order valence-corrected chi connectivity index (χ2v) is 8.78. The molecule has 10 heteroatoms. The van der Waals surface area contributed by atoms with Crippen LogP contribution in [-0.4, -0.2) is 71.6 Å². The molecule has 1 unspecified atom stereocenters. The fraction of sp³-hybridized carbons (Fsp3) is 0.400. The number of rotatable bonds is 6. The number of methoxy groups -OCH3 is 2. The second-order valence-electron chi connectivity index (χ2n) is 8.78. The normalized spacial score (nSPS) is 14.9. The van der Waals surface area contributed by atoms with Crippen LogP contribution in [0.3, 0.4) is 0 Å². The third kappa shape index (κ3) is 4.65. The van der Waals surface area contributed by atoms with Crippen LogP contribution in [0.15, 0.2) is 36.7 Å². The van der Waals surface area contributed by atoms with Crippen molar-refractivity contribution in [3.8, 4) is 11.5 Å². The van der Waals surface area contributed by atoms with Gasteiger partial charge >= 0.3 is 0 Å². The topological polar surface area (TPSA) is 76.9 Å². The van der Waals surface area contributed by atoms with E-state index in [0.717, 1.165) is 12.1 Å². The smallest absolute Gasteiger partial charge is 0.257 e. The Kier molecular flexibility index (Phi) is 6.90. The Labute approximate surface area is 202 Å². The third-order valence-electron chi connectivity index (χ3n) is 6.32. The first-order valence-electron chi connectivity index (χ1n) is 11.4. The number of halogens is 2. The van der Waals surface area contributed by atoms with E-state index in [1.54, 1.807) is 32.6 Å². The molecule has 1 aromatic heterocycles. The standard InChI is InChI=1S/C25H28F2N4O4/c1-15(2)23(31-14-28-20-12-18(26)19(27)13-21(20)31)25(33)30-9-7-29(8-10-30)24(32)17-6-5-16(34-3)11-22(17)35-4/h5-6,11-15,23H,7-10H2,1-4H3. The van der Waals surface area contributed by atoms with Gasteiger partial charge in [-0.1, -0.05) is 13.8 Å². The van der Waals surface area contributed by atoms with Crippen molar-refractivity contribution in [2.75, 3.05) is 40.4 Å². The molecule has 1 aliphatic heterocycles.